The smallest absolute Gasteiger partial charge is 0.550 e. The van der Waals surface area contributed by atoms with E-state index in [-0.39, 0.29) is 50.6 Å². The summed E-state index contributed by atoms with van der Waals surface area (Å²) in [6.07, 6.45) is 21.9. The molecule has 32 heavy (non-hydrogen) atoms. The monoisotopic (exact) mass is 484 g/mol. The third-order valence-corrected chi connectivity index (χ3v) is 5.44. The van der Waals surface area contributed by atoms with Crippen LogP contribution in [0, 0.1) is 0 Å². The fourth-order valence-corrected chi connectivity index (χ4v) is 3.36. The molecule has 0 spiro atoms. The van der Waals surface area contributed by atoms with Crippen LogP contribution in [0.5, 0.6) is 0 Å². The second-order valence-electron chi connectivity index (χ2n) is 8.63. The average molecular weight is 485 g/mol. The van der Waals surface area contributed by atoms with Crippen molar-refractivity contribution in [3.8, 4) is 0 Å². The van der Waals surface area contributed by atoms with Crippen LogP contribution in [0.15, 0.2) is 0 Å². The van der Waals surface area contributed by atoms with Crippen molar-refractivity contribution in [2.24, 2.45) is 0 Å². The SMILES string of the molecule is CCCCCC(O)(O)C(=O)[O-].CCCCCCCCCCCCCCCCCC(=O)[O-].[Ca+2]. The molecule has 7 heteroatoms. The van der Waals surface area contributed by atoms with Gasteiger partial charge in [0.25, 0.3) is 0 Å². The van der Waals surface area contributed by atoms with E-state index >= 15 is 0 Å². The summed E-state index contributed by atoms with van der Waals surface area (Å²) in [7, 11) is 0. The number of carbonyl (C=O) groups excluding carboxylic acids is 2. The first-order valence-electron chi connectivity index (χ1n) is 12.6. The van der Waals surface area contributed by atoms with Crippen molar-refractivity contribution in [2.75, 3.05) is 0 Å². The minimum absolute atomic E-state index is 0. The molecule has 0 rings (SSSR count). The van der Waals surface area contributed by atoms with Crippen LogP contribution in [-0.2, 0) is 9.59 Å². The van der Waals surface area contributed by atoms with Crippen LogP contribution < -0.4 is 10.2 Å². The molecule has 0 fully saturated rings. The van der Waals surface area contributed by atoms with Gasteiger partial charge in [0, 0.05) is 12.4 Å². The van der Waals surface area contributed by atoms with Crippen LogP contribution >= 0.6 is 0 Å². The van der Waals surface area contributed by atoms with Crippen LogP contribution in [0.2, 0.25) is 0 Å². The summed E-state index contributed by atoms with van der Waals surface area (Å²) in [6.45, 7) is 4.21. The zero-order valence-electron chi connectivity index (χ0n) is 20.9. The van der Waals surface area contributed by atoms with Crippen LogP contribution in [0.4, 0.5) is 0 Å². The zero-order chi connectivity index (χ0) is 23.8. The quantitative estimate of drug-likeness (QED) is 0.146. The van der Waals surface area contributed by atoms with Crippen molar-refractivity contribution in [3.63, 3.8) is 0 Å². The molecule has 0 saturated carbocycles. The fraction of sp³-hybridized carbons (Fsp3) is 0.920. The van der Waals surface area contributed by atoms with Crippen LogP contribution in [-0.4, -0.2) is 65.7 Å². The molecule has 0 aromatic rings. The van der Waals surface area contributed by atoms with Gasteiger partial charge in [0.05, 0.1) is 0 Å². The number of unbranched alkanes of at least 4 members (excludes halogenated alkanes) is 16. The molecule has 6 nitrogen and oxygen atoms in total. The van der Waals surface area contributed by atoms with E-state index in [1.54, 1.807) is 0 Å². The van der Waals surface area contributed by atoms with Crippen molar-refractivity contribution >= 4 is 49.7 Å². The van der Waals surface area contributed by atoms with E-state index in [0.717, 1.165) is 25.7 Å². The number of carboxylic acids is 2. The van der Waals surface area contributed by atoms with Crippen LogP contribution in [0.25, 0.3) is 0 Å². The average Bonchev–Trinajstić information content (AvgIpc) is 2.71. The second-order valence-corrected chi connectivity index (χ2v) is 8.63. The van der Waals surface area contributed by atoms with Gasteiger partial charge in [-0.15, -0.1) is 0 Å². The third-order valence-electron chi connectivity index (χ3n) is 5.44. The molecule has 2 N–H and O–H groups in total. The Morgan fingerprint density at radius 1 is 0.594 bits per heavy atom. The molecule has 0 aromatic heterocycles. The molecular weight excluding hydrogens is 436 g/mol. The van der Waals surface area contributed by atoms with E-state index in [1.165, 1.54) is 83.5 Å². The van der Waals surface area contributed by atoms with Gasteiger partial charge in [0.1, 0.15) is 5.97 Å². The molecule has 0 heterocycles. The summed E-state index contributed by atoms with van der Waals surface area (Å²) in [5.41, 5.74) is 0. The normalized spacial score (nSPS) is 10.8. The van der Waals surface area contributed by atoms with Crippen molar-refractivity contribution in [3.05, 3.63) is 0 Å². The number of hydrogen-bond acceptors (Lipinski definition) is 6. The minimum atomic E-state index is -2.64. The van der Waals surface area contributed by atoms with E-state index in [4.69, 9.17) is 10.2 Å². The first kappa shape index (κ1) is 36.7. The molecule has 0 aliphatic rings. The molecule has 0 aliphatic heterocycles. The number of hydrogen-bond donors (Lipinski definition) is 2. The van der Waals surface area contributed by atoms with Gasteiger partial charge in [-0.25, -0.2) is 0 Å². The first-order chi connectivity index (χ1) is 14.8. The first-order valence-corrected chi connectivity index (χ1v) is 12.6. The van der Waals surface area contributed by atoms with E-state index in [1.807, 2.05) is 6.92 Å². The van der Waals surface area contributed by atoms with E-state index < -0.39 is 17.7 Å². The summed E-state index contributed by atoms with van der Waals surface area (Å²) in [5, 5.41) is 37.6. The Morgan fingerprint density at radius 2 is 0.906 bits per heavy atom. The summed E-state index contributed by atoms with van der Waals surface area (Å²) in [4.78, 5) is 20.2. The Balaban J connectivity index is -0.000000597. The Labute approximate surface area is 226 Å². The van der Waals surface area contributed by atoms with Gasteiger partial charge in [-0.3, -0.25) is 0 Å². The number of rotatable bonds is 21. The summed E-state index contributed by atoms with van der Waals surface area (Å²) >= 11 is 0. The molecule has 0 aromatic carbocycles. The van der Waals surface area contributed by atoms with Crippen molar-refractivity contribution < 1.29 is 30.0 Å². The van der Waals surface area contributed by atoms with Crippen molar-refractivity contribution in [2.45, 2.75) is 148 Å². The summed E-state index contributed by atoms with van der Waals surface area (Å²) in [6, 6.07) is 0. The van der Waals surface area contributed by atoms with Gasteiger partial charge in [0.15, 0.2) is 0 Å². The third kappa shape index (κ3) is 30.1. The van der Waals surface area contributed by atoms with Gasteiger partial charge in [-0.2, -0.15) is 0 Å². The Bertz CT molecular complexity index is 415. The van der Waals surface area contributed by atoms with E-state index in [0.29, 0.717) is 6.42 Å². The van der Waals surface area contributed by atoms with Crippen LogP contribution in [0.3, 0.4) is 0 Å². The molecule has 0 amide bonds. The summed E-state index contributed by atoms with van der Waals surface area (Å²) < 4.78 is 0. The molecular formula is C25H48CaO6. The second kappa shape index (κ2) is 27.4. The number of carboxylic acid groups (broad SMARTS) is 2. The van der Waals surface area contributed by atoms with Gasteiger partial charge < -0.3 is 30.0 Å². The standard InChI is InChI=1S/C18H36O2.C7H14O4.Ca/c1-2-3-4-5-6-7-8-9-10-11-12-13-14-15-16-17-18(19)20;1-2-3-4-5-7(10,11)6(8)9;/h2-17H2,1H3,(H,19,20);10-11H,2-5H2,1H3,(H,8,9);/q;;+2/p-2. The predicted molar refractivity (Wildman–Crippen MR) is 127 cm³/mol. The number of aliphatic hydroxyl groups is 2. The van der Waals surface area contributed by atoms with Crippen molar-refractivity contribution in [1.29, 1.82) is 0 Å². The topological polar surface area (TPSA) is 121 Å². The molecule has 0 bridgehead atoms. The van der Waals surface area contributed by atoms with Gasteiger partial charge in [-0.05, 0) is 19.3 Å². The summed E-state index contributed by atoms with van der Waals surface area (Å²) in [5.74, 6) is -5.37. The van der Waals surface area contributed by atoms with Gasteiger partial charge in [-0.1, -0.05) is 117 Å². The molecule has 0 aliphatic carbocycles. The van der Waals surface area contributed by atoms with Gasteiger partial charge >= 0.3 is 37.7 Å². The predicted octanol–water partition coefficient (Wildman–Crippen LogP) is 3.61. The molecule has 0 saturated heterocycles. The van der Waals surface area contributed by atoms with E-state index in [2.05, 4.69) is 6.92 Å². The largest absolute Gasteiger partial charge is 2.00 e. The minimum Gasteiger partial charge on any atom is -0.550 e. The van der Waals surface area contributed by atoms with Crippen molar-refractivity contribution in [1.82, 2.24) is 0 Å². The maximum Gasteiger partial charge on any atom is 2.00 e. The fourth-order valence-electron chi connectivity index (χ4n) is 3.36. The maximum atomic E-state index is 10.2. The maximum absolute atomic E-state index is 10.2. The van der Waals surface area contributed by atoms with E-state index in [9.17, 15) is 19.8 Å². The Hall–Kier alpha value is 0.120. The van der Waals surface area contributed by atoms with Crippen LogP contribution in [0.1, 0.15) is 142 Å². The van der Waals surface area contributed by atoms with Gasteiger partial charge in [0.2, 0.25) is 5.79 Å². The Kier molecular flexibility index (Phi) is 31.4. The number of carbonyl (C=O) groups is 2. The molecule has 186 valence electrons. The molecule has 0 unspecified atom stereocenters. The zero-order valence-corrected chi connectivity index (χ0v) is 23.1. The molecule has 0 radical (unpaired) electrons. The molecule has 0 atom stereocenters. The Morgan fingerprint density at radius 3 is 1.22 bits per heavy atom. The number of aliphatic carboxylic acids is 2.